The average Bonchev–Trinajstić information content (AvgIpc) is 2.45. The Morgan fingerprint density at radius 1 is 1.29 bits per heavy atom. The van der Waals surface area contributed by atoms with Crippen LogP contribution in [0.15, 0.2) is 24.3 Å². The number of phenolic OH excluding ortho intramolecular Hbond substituents is 1. The summed E-state index contributed by atoms with van der Waals surface area (Å²) >= 11 is 0. The molecule has 0 atom stereocenters. The first kappa shape index (κ1) is 14.6. The summed E-state index contributed by atoms with van der Waals surface area (Å²) in [5.41, 5.74) is 0.339. The minimum absolute atomic E-state index is 0.0128. The first-order valence-electron chi connectivity index (χ1n) is 6.31. The number of carboxylic acids is 1. The van der Waals surface area contributed by atoms with Gasteiger partial charge >= 0.3 is 12.0 Å². The molecule has 3 N–H and O–H groups in total. The maximum Gasteiger partial charge on any atom is 0.325 e. The number of urea groups is 1. The fourth-order valence-electron chi connectivity index (χ4n) is 2.01. The van der Waals surface area contributed by atoms with Crippen LogP contribution >= 0.6 is 0 Å². The molecule has 1 fully saturated rings. The van der Waals surface area contributed by atoms with Crippen molar-refractivity contribution in [2.75, 3.05) is 31.1 Å². The number of piperazine rings is 1. The molecule has 0 aliphatic carbocycles. The number of nitrogens with zero attached hydrogens (tertiary/aromatic N) is 2. The number of hydrogen-bond donors (Lipinski definition) is 3. The van der Waals surface area contributed by atoms with Crippen molar-refractivity contribution in [3.63, 3.8) is 0 Å². The number of benzene rings is 1. The topological polar surface area (TPSA) is 110 Å². The number of carboxylic acid groups (broad SMARTS) is 1. The Hall–Kier alpha value is -2.77. The van der Waals surface area contributed by atoms with Gasteiger partial charge in [0.1, 0.15) is 18.8 Å². The van der Waals surface area contributed by atoms with Crippen LogP contribution in [0.3, 0.4) is 0 Å². The van der Waals surface area contributed by atoms with E-state index in [0.717, 1.165) is 4.90 Å². The van der Waals surface area contributed by atoms with E-state index in [1.54, 1.807) is 0 Å². The highest BCUT2D eigenvalue weighted by Crippen LogP contribution is 2.20. The van der Waals surface area contributed by atoms with Gasteiger partial charge in [-0.25, -0.2) is 4.79 Å². The van der Waals surface area contributed by atoms with Crippen LogP contribution in [0.25, 0.3) is 0 Å². The zero-order valence-electron chi connectivity index (χ0n) is 11.2. The van der Waals surface area contributed by atoms with Crippen molar-refractivity contribution in [2.24, 2.45) is 0 Å². The molecule has 1 saturated heterocycles. The number of aliphatic carboxylic acids is 1. The van der Waals surface area contributed by atoms with Gasteiger partial charge in [-0.05, 0) is 24.3 Å². The quantitative estimate of drug-likeness (QED) is 0.717. The summed E-state index contributed by atoms with van der Waals surface area (Å²) in [6.07, 6.45) is 0. The van der Waals surface area contributed by atoms with Gasteiger partial charge in [0, 0.05) is 18.8 Å². The molecule has 112 valence electrons. The molecule has 1 heterocycles. The molecule has 21 heavy (non-hydrogen) atoms. The molecule has 3 amide bonds. The van der Waals surface area contributed by atoms with E-state index in [-0.39, 0.29) is 18.2 Å². The van der Waals surface area contributed by atoms with Crippen LogP contribution in [0, 0.1) is 0 Å². The molecule has 1 aromatic carbocycles. The highest BCUT2D eigenvalue weighted by Gasteiger charge is 2.27. The highest BCUT2D eigenvalue weighted by molar-refractivity contribution is 5.98. The van der Waals surface area contributed by atoms with Gasteiger partial charge in [0.15, 0.2) is 0 Å². The number of aromatic hydroxyl groups is 1. The Labute approximate surface area is 120 Å². The van der Waals surface area contributed by atoms with Gasteiger partial charge in [-0.15, -0.1) is 0 Å². The predicted octanol–water partition coefficient (Wildman–Crippen LogP) is -0.165. The number of anilines is 1. The first-order valence-corrected chi connectivity index (χ1v) is 6.31. The normalized spacial score (nSPS) is 14.5. The molecule has 2 rings (SSSR count). The van der Waals surface area contributed by atoms with Crippen molar-refractivity contribution in [2.45, 2.75) is 0 Å². The van der Waals surface area contributed by atoms with E-state index in [1.165, 1.54) is 29.2 Å². The van der Waals surface area contributed by atoms with Crippen LogP contribution < -0.4 is 10.2 Å². The van der Waals surface area contributed by atoms with Crippen LogP contribution in [-0.2, 0) is 9.59 Å². The third kappa shape index (κ3) is 3.62. The number of phenols is 1. The van der Waals surface area contributed by atoms with Crippen LogP contribution in [0.2, 0.25) is 0 Å². The Balaban J connectivity index is 2.22. The molecular weight excluding hydrogens is 278 g/mol. The lowest BCUT2D eigenvalue weighted by molar-refractivity contribution is -0.135. The SMILES string of the molecule is O=C(O)CN(C(=O)N1CCNC(=O)C1)c1ccc(O)cc1. The van der Waals surface area contributed by atoms with Crippen molar-refractivity contribution in [3.8, 4) is 5.75 Å². The number of carbonyl (C=O) groups is 3. The van der Waals surface area contributed by atoms with E-state index in [2.05, 4.69) is 5.32 Å². The largest absolute Gasteiger partial charge is 0.508 e. The lowest BCUT2D eigenvalue weighted by Gasteiger charge is -2.32. The summed E-state index contributed by atoms with van der Waals surface area (Å²) in [5, 5.41) is 20.8. The summed E-state index contributed by atoms with van der Waals surface area (Å²) in [5.74, 6) is -1.44. The summed E-state index contributed by atoms with van der Waals surface area (Å²) < 4.78 is 0. The lowest BCUT2D eigenvalue weighted by atomic mass is 10.2. The molecular formula is C13H15N3O5. The van der Waals surface area contributed by atoms with Gasteiger partial charge in [-0.1, -0.05) is 0 Å². The van der Waals surface area contributed by atoms with Gasteiger partial charge in [-0.2, -0.15) is 0 Å². The Morgan fingerprint density at radius 3 is 2.52 bits per heavy atom. The maximum absolute atomic E-state index is 12.4. The molecule has 0 spiro atoms. The van der Waals surface area contributed by atoms with E-state index in [9.17, 15) is 19.5 Å². The fourth-order valence-corrected chi connectivity index (χ4v) is 2.01. The second-order valence-corrected chi connectivity index (χ2v) is 4.55. The molecule has 8 heteroatoms. The minimum atomic E-state index is -1.17. The number of rotatable bonds is 3. The zero-order valence-corrected chi connectivity index (χ0v) is 11.2. The summed E-state index contributed by atoms with van der Waals surface area (Å²) in [6.45, 7) is 0.0224. The van der Waals surface area contributed by atoms with Gasteiger partial charge < -0.3 is 20.4 Å². The predicted molar refractivity (Wildman–Crippen MR) is 73.1 cm³/mol. The number of hydrogen-bond acceptors (Lipinski definition) is 4. The third-order valence-corrected chi connectivity index (χ3v) is 2.99. The Bertz CT molecular complexity index is 557. The fraction of sp³-hybridized carbons (Fsp3) is 0.308. The molecule has 0 bridgehead atoms. The summed E-state index contributed by atoms with van der Waals surface area (Å²) in [6, 6.07) is 5.05. The van der Waals surface area contributed by atoms with Crippen LogP contribution in [0.4, 0.5) is 10.5 Å². The van der Waals surface area contributed by atoms with E-state index >= 15 is 0 Å². The third-order valence-electron chi connectivity index (χ3n) is 2.99. The lowest BCUT2D eigenvalue weighted by Crippen LogP contribution is -2.54. The molecule has 0 aromatic heterocycles. The van der Waals surface area contributed by atoms with Gasteiger partial charge in [0.25, 0.3) is 0 Å². The average molecular weight is 293 g/mol. The highest BCUT2D eigenvalue weighted by atomic mass is 16.4. The van der Waals surface area contributed by atoms with Crippen LogP contribution in [0.1, 0.15) is 0 Å². The van der Waals surface area contributed by atoms with Gasteiger partial charge in [-0.3, -0.25) is 14.5 Å². The van der Waals surface area contributed by atoms with E-state index < -0.39 is 18.5 Å². The molecule has 0 saturated carbocycles. The Kier molecular flexibility index (Phi) is 4.27. The van der Waals surface area contributed by atoms with E-state index in [0.29, 0.717) is 18.8 Å². The number of amides is 3. The minimum Gasteiger partial charge on any atom is -0.508 e. The van der Waals surface area contributed by atoms with Crippen LogP contribution in [0.5, 0.6) is 5.75 Å². The molecule has 8 nitrogen and oxygen atoms in total. The van der Waals surface area contributed by atoms with Crippen molar-refractivity contribution < 1.29 is 24.6 Å². The second kappa shape index (κ2) is 6.12. The maximum atomic E-state index is 12.4. The second-order valence-electron chi connectivity index (χ2n) is 4.55. The molecule has 0 radical (unpaired) electrons. The molecule has 1 aliphatic rings. The van der Waals surface area contributed by atoms with Gasteiger partial charge in [0.2, 0.25) is 5.91 Å². The molecule has 1 aromatic rings. The smallest absolute Gasteiger partial charge is 0.325 e. The van der Waals surface area contributed by atoms with Crippen LogP contribution in [-0.4, -0.2) is 59.2 Å². The number of nitrogens with one attached hydrogen (secondary N) is 1. The number of carbonyl (C=O) groups excluding carboxylic acids is 2. The van der Waals surface area contributed by atoms with E-state index in [4.69, 9.17) is 5.11 Å². The van der Waals surface area contributed by atoms with Crippen molar-refractivity contribution in [1.29, 1.82) is 0 Å². The molecule has 1 aliphatic heterocycles. The van der Waals surface area contributed by atoms with Crippen molar-refractivity contribution in [3.05, 3.63) is 24.3 Å². The van der Waals surface area contributed by atoms with Crippen molar-refractivity contribution in [1.82, 2.24) is 10.2 Å². The van der Waals surface area contributed by atoms with E-state index in [1.807, 2.05) is 0 Å². The zero-order chi connectivity index (χ0) is 15.4. The monoisotopic (exact) mass is 293 g/mol. The van der Waals surface area contributed by atoms with Crippen molar-refractivity contribution >= 4 is 23.6 Å². The summed E-state index contributed by atoms with van der Waals surface area (Å²) in [4.78, 5) is 37.0. The standard InChI is InChI=1S/C13H15N3O5/c17-10-3-1-9(2-4-10)16(8-12(19)20)13(21)15-6-5-14-11(18)7-15/h1-4,17H,5-8H2,(H,14,18)(H,19,20). The van der Waals surface area contributed by atoms with Gasteiger partial charge in [0.05, 0.1) is 0 Å². The Morgan fingerprint density at radius 2 is 1.95 bits per heavy atom. The molecule has 0 unspecified atom stereocenters. The summed E-state index contributed by atoms with van der Waals surface area (Å²) in [7, 11) is 0. The first-order chi connectivity index (χ1) is 9.97.